The molecule has 0 saturated heterocycles. The highest BCUT2D eigenvalue weighted by Crippen LogP contribution is 2.23. The van der Waals surface area contributed by atoms with Gasteiger partial charge >= 0.3 is 0 Å². The molecule has 1 N–H and O–H groups in total. The highest BCUT2D eigenvalue weighted by atomic mass is 16.3. The van der Waals surface area contributed by atoms with E-state index in [2.05, 4.69) is 69.3 Å². The van der Waals surface area contributed by atoms with Crippen LogP contribution in [-0.4, -0.2) is 5.11 Å². The van der Waals surface area contributed by atoms with Crippen molar-refractivity contribution in [3.05, 3.63) is 70.8 Å². The van der Waals surface area contributed by atoms with Gasteiger partial charge in [-0.05, 0) is 36.0 Å². The lowest BCUT2D eigenvalue weighted by Crippen LogP contribution is -2.02. The molecular weight excluding hydrogens is 244 g/mol. The largest absolute Gasteiger partial charge is 0.388 e. The number of hydrogen-bond donors (Lipinski definition) is 1. The van der Waals surface area contributed by atoms with E-state index < -0.39 is 6.10 Å². The van der Waals surface area contributed by atoms with E-state index in [1.54, 1.807) is 0 Å². The number of benzene rings is 2. The lowest BCUT2D eigenvalue weighted by atomic mass is 9.95. The lowest BCUT2D eigenvalue weighted by molar-refractivity contribution is 0.178. The van der Waals surface area contributed by atoms with Crippen molar-refractivity contribution in [3.8, 4) is 0 Å². The Bertz CT molecular complexity index is 525. The van der Waals surface area contributed by atoms with Gasteiger partial charge in [-0.3, -0.25) is 0 Å². The van der Waals surface area contributed by atoms with Crippen LogP contribution in [0.25, 0.3) is 0 Å². The minimum absolute atomic E-state index is 0.427. The van der Waals surface area contributed by atoms with Gasteiger partial charge in [0.1, 0.15) is 0 Å². The fourth-order valence-electron chi connectivity index (χ4n) is 2.35. The summed E-state index contributed by atoms with van der Waals surface area (Å²) in [4.78, 5) is 0. The first-order valence-electron chi connectivity index (χ1n) is 7.43. The summed E-state index contributed by atoms with van der Waals surface area (Å²) in [6.45, 7) is 6.51. The number of aryl methyl sites for hydroxylation is 1. The summed E-state index contributed by atoms with van der Waals surface area (Å²) in [5, 5.41) is 10.3. The van der Waals surface area contributed by atoms with Crippen molar-refractivity contribution >= 4 is 0 Å². The van der Waals surface area contributed by atoms with Gasteiger partial charge in [0.2, 0.25) is 0 Å². The van der Waals surface area contributed by atoms with Gasteiger partial charge in [0, 0.05) is 6.42 Å². The summed E-state index contributed by atoms with van der Waals surface area (Å²) in [7, 11) is 0. The molecule has 0 fully saturated rings. The average Bonchev–Trinajstić information content (AvgIpc) is 2.49. The topological polar surface area (TPSA) is 20.2 Å². The van der Waals surface area contributed by atoms with Gasteiger partial charge in [-0.1, -0.05) is 67.9 Å². The van der Waals surface area contributed by atoms with Gasteiger partial charge in [-0.2, -0.15) is 0 Å². The van der Waals surface area contributed by atoms with Crippen LogP contribution >= 0.6 is 0 Å². The molecule has 0 heterocycles. The first kappa shape index (κ1) is 14.8. The zero-order valence-electron chi connectivity index (χ0n) is 12.6. The van der Waals surface area contributed by atoms with E-state index in [9.17, 15) is 5.11 Å². The molecule has 0 spiro atoms. The van der Waals surface area contributed by atoms with Crippen molar-refractivity contribution in [3.63, 3.8) is 0 Å². The van der Waals surface area contributed by atoms with Crippen molar-refractivity contribution < 1.29 is 5.11 Å². The molecule has 1 heteroatoms. The Balaban J connectivity index is 2.05. The van der Waals surface area contributed by atoms with E-state index in [-0.39, 0.29) is 0 Å². The number of aliphatic hydroxyl groups excluding tert-OH is 1. The Morgan fingerprint density at radius 2 is 1.45 bits per heavy atom. The molecule has 0 amide bonds. The molecule has 0 aliphatic rings. The average molecular weight is 268 g/mol. The number of aliphatic hydroxyl groups is 1. The van der Waals surface area contributed by atoms with Gasteiger partial charge in [0.05, 0.1) is 6.10 Å². The van der Waals surface area contributed by atoms with Crippen LogP contribution in [0.5, 0.6) is 0 Å². The molecule has 0 radical (unpaired) electrons. The van der Waals surface area contributed by atoms with E-state index in [0.29, 0.717) is 12.3 Å². The zero-order valence-corrected chi connectivity index (χ0v) is 12.6. The van der Waals surface area contributed by atoms with Crippen LogP contribution in [0.4, 0.5) is 0 Å². The Kier molecular flexibility index (Phi) is 4.97. The second-order valence-corrected chi connectivity index (χ2v) is 5.68. The third-order valence-electron chi connectivity index (χ3n) is 4.05. The highest BCUT2D eigenvalue weighted by Gasteiger charge is 2.09. The molecule has 2 unspecified atom stereocenters. The molecule has 20 heavy (non-hydrogen) atoms. The van der Waals surface area contributed by atoms with Gasteiger partial charge in [-0.25, -0.2) is 0 Å². The Morgan fingerprint density at radius 3 is 2.00 bits per heavy atom. The van der Waals surface area contributed by atoms with E-state index in [4.69, 9.17) is 0 Å². The number of hydrogen-bond acceptors (Lipinski definition) is 1. The summed E-state index contributed by atoms with van der Waals surface area (Å²) in [5.41, 5.74) is 4.77. The monoisotopic (exact) mass is 268 g/mol. The van der Waals surface area contributed by atoms with E-state index in [0.717, 1.165) is 12.0 Å². The lowest BCUT2D eigenvalue weighted by Gasteiger charge is -2.14. The molecule has 2 rings (SSSR count). The van der Waals surface area contributed by atoms with Crippen LogP contribution in [0.2, 0.25) is 0 Å². The predicted octanol–water partition coefficient (Wildman–Crippen LogP) is 4.78. The smallest absolute Gasteiger partial charge is 0.0830 e. The molecule has 2 aromatic carbocycles. The van der Waals surface area contributed by atoms with Crippen molar-refractivity contribution in [2.24, 2.45) is 0 Å². The standard InChI is InChI=1S/C19H24O/c1-4-15(3)17-9-11-18(12-10-17)19(20)13-16-7-5-14(2)6-8-16/h5-12,15,19-20H,4,13H2,1-3H3. The van der Waals surface area contributed by atoms with Crippen molar-refractivity contribution in [1.29, 1.82) is 0 Å². The SMILES string of the molecule is CCC(C)c1ccc(C(O)Cc2ccc(C)cc2)cc1. The minimum Gasteiger partial charge on any atom is -0.388 e. The maximum atomic E-state index is 10.3. The second-order valence-electron chi connectivity index (χ2n) is 5.68. The van der Waals surface area contributed by atoms with Crippen LogP contribution in [0, 0.1) is 6.92 Å². The minimum atomic E-state index is -0.427. The van der Waals surface area contributed by atoms with Crippen LogP contribution in [0.1, 0.15) is 54.5 Å². The molecular formula is C19H24O. The summed E-state index contributed by atoms with van der Waals surface area (Å²) < 4.78 is 0. The third-order valence-corrected chi connectivity index (χ3v) is 4.05. The van der Waals surface area contributed by atoms with Crippen molar-refractivity contribution in [1.82, 2.24) is 0 Å². The Morgan fingerprint density at radius 1 is 0.900 bits per heavy atom. The van der Waals surface area contributed by atoms with E-state index >= 15 is 0 Å². The van der Waals surface area contributed by atoms with Crippen molar-refractivity contribution in [2.45, 2.75) is 45.6 Å². The van der Waals surface area contributed by atoms with Gasteiger partial charge in [-0.15, -0.1) is 0 Å². The van der Waals surface area contributed by atoms with E-state index in [1.807, 2.05) is 0 Å². The summed E-state index contributed by atoms with van der Waals surface area (Å²) in [6.07, 6.45) is 1.39. The van der Waals surface area contributed by atoms with E-state index in [1.165, 1.54) is 16.7 Å². The fourth-order valence-corrected chi connectivity index (χ4v) is 2.35. The third kappa shape index (κ3) is 3.71. The Labute approximate surface area is 122 Å². The van der Waals surface area contributed by atoms with Crippen LogP contribution < -0.4 is 0 Å². The maximum Gasteiger partial charge on any atom is 0.0830 e. The van der Waals surface area contributed by atoms with Crippen LogP contribution in [-0.2, 0) is 6.42 Å². The second kappa shape index (κ2) is 6.71. The van der Waals surface area contributed by atoms with Crippen molar-refractivity contribution in [2.75, 3.05) is 0 Å². The van der Waals surface area contributed by atoms with Crippen LogP contribution in [0.3, 0.4) is 0 Å². The predicted molar refractivity (Wildman–Crippen MR) is 85.0 cm³/mol. The van der Waals surface area contributed by atoms with Gasteiger partial charge in [0.15, 0.2) is 0 Å². The molecule has 0 aliphatic heterocycles. The quantitative estimate of drug-likeness (QED) is 0.827. The summed E-state index contributed by atoms with van der Waals surface area (Å²) in [5.74, 6) is 0.582. The first-order chi connectivity index (χ1) is 9.60. The fraction of sp³-hybridized carbons (Fsp3) is 0.368. The zero-order chi connectivity index (χ0) is 14.5. The normalized spacial score (nSPS) is 14.0. The van der Waals surface area contributed by atoms with Crippen LogP contribution in [0.15, 0.2) is 48.5 Å². The van der Waals surface area contributed by atoms with Gasteiger partial charge in [0.25, 0.3) is 0 Å². The Hall–Kier alpha value is -1.60. The molecule has 2 atom stereocenters. The molecule has 0 bridgehead atoms. The molecule has 0 aromatic heterocycles. The maximum absolute atomic E-state index is 10.3. The molecule has 2 aromatic rings. The summed E-state index contributed by atoms with van der Waals surface area (Å²) in [6, 6.07) is 16.8. The summed E-state index contributed by atoms with van der Waals surface area (Å²) >= 11 is 0. The molecule has 1 nitrogen and oxygen atoms in total. The molecule has 0 saturated carbocycles. The first-order valence-corrected chi connectivity index (χ1v) is 7.43. The molecule has 106 valence electrons. The number of rotatable bonds is 5. The molecule has 0 aliphatic carbocycles. The van der Waals surface area contributed by atoms with Gasteiger partial charge < -0.3 is 5.11 Å². The highest BCUT2D eigenvalue weighted by molar-refractivity contribution is 5.28.